The number of aryl methyl sites for hydroxylation is 1. The van der Waals surface area contributed by atoms with Crippen molar-refractivity contribution >= 4 is 12.4 Å². The lowest BCUT2D eigenvalue weighted by atomic mass is 10.2. The van der Waals surface area contributed by atoms with Gasteiger partial charge in [0.25, 0.3) is 0 Å². The van der Waals surface area contributed by atoms with Crippen molar-refractivity contribution in [1.29, 1.82) is 0 Å². The Kier molecular flexibility index (Phi) is 7.04. The molecule has 20 heavy (non-hydrogen) atoms. The fraction of sp³-hybridized carbons (Fsp3) is 0.357. The molecule has 2 aromatic rings. The second-order valence-electron chi connectivity index (χ2n) is 4.26. The molecule has 6 heteroatoms. The Hall–Kier alpha value is -1.59. The summed E-state index contributed by atoms with van der Waals surface area (Å²) in [6, 6.07) is 7.93. The Bertz CT molecular complexity index is 519. The van der Waals surface area contributed by atoms with E-state index < -0.39 is 6.67 Å². The number of benzene rings is 1. The Morgan fingerprint density at radius 3 is 2.85 bits per heavy atom. The highest BCUT2D eigenvalue weighted by atomic mass is 35.5. The number of hydrogen-bond acceptors (Lipinski definition) is 3. The molecule has 0 atom stereocenters. The molecule has 1 aromatic carbocycles. The van der Waals surface area contributed by atoms with Crippen molar-refractivity contribution in [3.8, 4) is 5.75 Å². The summed E-state index contributed by atoms with van der Waals surface area (Å²) in [5.74, 6) is 0.857. The number of nitrogens with zero attached hydrogens (tertiary/aromatic N) is 2. The van der Waals surface area contributed by atoms with Crippen LogP contribution in [0.5, 0.6) is 5.75 Å². The van der Waals surface area contributed by atoms with E-state index in [0.717, 1.165) is 23.4 Å². The molecular weight excluding hydrogens is 281 g/mol. The van der Waals surface area contributed by atoms with Gasteiger partial charge in [-0.25, -0.2) is 4.39 Å². The zero-order chi connectivity index (χ0) is 13.5. The van der Waals surface area contributed by atoms with E-state index in [9.17, 15) is 4.39 Å². The summed E-state index contributed by atoms with van der Waals surface area (Å²) in [6.45, 7) is 1.39. The first-order chi connectivity index (χ1) is 9.31. The average Bonchev–Trinajstić information content (AvgIpc) is 2.87. The number of hydrogen-bond donors (Lipinski definition) is 1. The predicted molar refractivity (Wildman–Crippen MR) is 79.0 cm³/mol. The van der Waals surface area contributed by atoms with Crippen molar-refractivity contribution in [1.82, 2.24) is 15.1 Å². The van der Waals surface area contributed by atoms with Gasteiger partial charge in [0.05, 0.1) is 19.9 Å². The summed E-state index contributed by atoms with van der Waals surface area (Å²) < 4.78 is 18.9. The minimum Gasteiger partial charge on any atom is -0.497 e. The normalized spacial score (nSPS) is 10.1. The first-order valence-electron chi connectivity index (χ1n) is 6.23. The maximum absolute atomic E-state index is 12.1. The van der Waals surface area contributed by atoms with Crippen LogP contribution < -0.4 is 10.1 Å². The standard InChI is InChI=1S/C14H18FN3O.ClH/c1-19-14-4-2-3-12(7-14)8-16-9-13-10-17-18(11-13)6-5-15;/h2-4,7,10-11,16H,5-6,8-9H2,1H3;1H. The molecule has 1 aromatic heterocycles. The summed E-state index contributed by atoms with van der Waals surface area (Å²) in [5.41, 5.74) is 2.21. The third-order valence-electron chi connectivity index (χ3n) is 2.79. The van der Waals surface area contributed by atoms with Crippen LogP contribution in [0.25, 0.3) is 0 Å². The molecule has 0 fully saturated rings. The first-order valence-corrected chi connectivity index (χ1v) is 6.23. The number of methoxy groups -OCH3 is 1. The molecular formula is C14H19ClFN3O. The van der Waals surface area contributed by atoms with Crippen LogP contribution in [-0.2, 0) is 19.6 Å². The predicted octanol–water partition coefficient (Wildman–Crippen LogP) is 2.57. The van der Waals surface area contributed by atoms with E-state index in [0.29, 0.717) is 13.1 Å². The smallest absolute Gasteiger partial charge is 0.119 e. The maximum Gasteiger partial charge on any atom is 0.119 e. The minimum absolute atomic E-state index is 0. The van der Waals surface area contributed by atoms with Crippen LogP contribution in [0, 0.1) is 0 Å². The zero-order valence-electron chi connectivity index (χ0n) is 11.4. The molecule has 0 aliphatic carbocycles. The van der Waals surface area contributed by atoms with E-state index in [1.54, 1.807) is 18.0 Å². The lowest BCUT2D eigenvalue weighted by Crippen LogP contribution is -2.12. The molecule has 0 radical (unpaired) electrons. The van der Waals surface area contributed by atoms with Crippen molar-refractivity contribution < 1.29 is 9.13 Å². The van der Waals surface area contributed by atoms with E-state index in [4.69, 9.17) is 4.74 Å². The van der Waals surface area contributed by atoms with Crippen molar-refractivity contribution in [2.45, 2.75) is 19.6 Å². The van der Waals surface area contributed by atoms with Crippen LogP contribution in [0.15, 0.2) is 36.7 Å². The highest BCUT2D eigenvalue weighted by molar-refractivity contribution is 5.85. The van der Waals surface area contributed by atoms with Gasteiger partial charge in [0, 0.05) is 24.8 Å². The molecule has 0 unspecified atom stereocenters. The molecule has 0 saturated carbocycles. The molecule has 4 nitrogen and oxygen atoms in total. The topological polar surface area (TPSA) is 39.1 Å². The number of ether oxygens (including phenoxy) is 1. The van der Waals surface area contributed by atoms with Crippen molar-refractivity contribution in [3.63, 3.8) is 0 Å². The van der Waals surface area contributed by atoms with Crippen LogP contribution in [0.3, 0.4) is 0 Å². The monoisotopic (exact) mass is 299 g/mol. The number of rotatable bonds is 7. The van der Waals surface area contributed by atoms with E-state index in [-0.39, 0.29) is 12.4 Å². The summed E-state index contributed by atoms with van der Waals surface area (Å²) in [4.78, 5) is 0. The summed E-state index contributed by atoms with van der Waals surface area (Å²) >= 11 is 0. The van der Waals surface area contributed by atoms with E-state index in [2.05, 4.69) is 10.4 Å². The van der Waals surface area contributed by atoms with Crippen LogP contribution >= 0.6 is 12.4 Å². The second kappa shape index (κ2) is 8.55. The minimum atomic E-state index is -0.391. The molecule has 0 aliphatic rings. The highest BCUT2D eigenvalue weighted by Gasteiger charge is 1.99. The Morgan fingerprint density at radius 2 is 2.10 bits per heavy atom. The summed E-state index contributed by atoms with van der Waals surface area (Å²) in [7, 11) is 1.66. The van der Waals surface area contributed by atoms with Crippen molar-refractivity contribution in [2.75, 3.05) is 13.8 Å². The van der Waals surface area contributed by atoms with E-state index >= 15 is 0 Å². The van der Waals surface area contributed by atoms with Crippen LogP contribution in [0.1, 0.15) is 11.1 Å². The fourth-order valence-electron chi connectivity index (χ4n) is 1.84. The summed E-state index contributed by atoms with van der Waals surface area (Å²) in [5, 5.41) is 7.40. The number of aromatic nitrogens is 2. The maximum atomic E-state index is 12.1. The highest BCUT2D eigenvalue weighted by Crippen LogP contribution is 2.12. The molecule has 0 bridgehead atoms. The van der Waals surface area contributed by atoms with Crippen LogP contribution in [-0.4, -0.2) is 23.6 Å². The average molecular weight is 300 g/mol. The van der Waals surface area contributed by atoms with Gasteiger partial charge in [-0.3, -0.25) is 4.68 Å². The second-order valence-corrected chi connectivity index (χ2v) is 4.26. The largest absolute Gasteiger partial charge is 0.497 e. The van der Waals surface area contributed by atoms with Gasteiger partial charge in [-0.15, -0.1) is 12.4 Å². The molecule has 0 amide bonds. The Morgan fingerprint density at radius 1 is 1.30 bits per heavy atom. The van der Waals surface area contributed by atoms with Gasteiger partial charge < -0.3 is 10.1 Å². The summed E-state index contributed by atoms with van der Waals surface area (Å²) in [6.07, 6.45) is 3.62. The van der Waals surface area contributed by atoms with Crippen molar-refractivity contribution in [2.24, 2.45) is 0 Å². The van der Waals surface area contributed by atoms with Gasteiger partial charge in [0.2, 0.25) is 0 Å². The number of nitrogens with one attached hydrogen (secondary N) is 1. The molecule has 1 N–H and O–H groups in total. The van der Waals surface area contributed by atoms with Crippen molar-refractivity contribution in [3.05, 3.63) is 47.8 Å². The lowest BCUT2D eigenvalue weighted by Gasteiger charge is -2.05. The number of halogens is 2. The van der Waals surface area contributed by atoms with Gasteiger partial charge in [-0.2, -0.15) is 5.10 Å². The van der Waals surface area contributed by atoms with Crippen LogP contribution in [0.4, 0.5) is 4.39 Å². The lowest BCUT2D eigenvalue weighted by molar-refractivity contribution is 0.414. The quantitative estimate of drug-likeness (QED) is 0.854. The third kappa shape index (κ3) is 4.83. The molecule has 110 valence electrons. The van der Waals surface area contributed by atoms with Gasteiger partial charge in [-0.1, -0.05) is 12.1 Å². The van der Waals surface area contributed by atoms with E-state index in [1.807, 2.05) is 30.5 Å². The Balaban J connectivity index is 0.00000200. The Labute approximate surface area is 124 Å². The third-order valence-corrected chi connectivity index (χ3v) is 2.79. The van der Waals surface area contributed by atoms with Gasteiger partial charge >= 0.3 is 0 Å². The van der Waals surface area contributed by atoms with E-state index in [1.165, 1.54) is 0 Å². The van der Waals surface area contributed by atoms with Crippen LogP contribution in [0.2, 0.25) is 0 Å². The fourth-order valence-corrected chi connectivity index (χ4v) is 1.84. The molecule has 2 rings (SSSR count). The van der Waals surface area contributed by atoms with Gasteiger partial charge in [0.1, 0.15) is 12.4 Å². The number of alkyl halides is 1. The molecule has 0 spiro atoms. The van der Waals surface area contributed by atoms with Gasteiger partial charge in [-0.05, 0) is 17.7 Å². The first kappa shape index (κ1) is 16.5. The molecule has 1 heterocycles. The SMILES string of the molecule is COc1cccc(CNCc2cnn(CCF)c2)c1.Cl. The molecule has 0 aliphatic heterocycles. The van der Waals surface area contributed by atoms with Gasteiger partial charge in [0.15, 0.2) is 0 Å². The zero-order valence-corrected chi connectivity index (χ0v) is 12.2. The molecule has 0 saturated heterocycles.